The number of halogens is 1. The van der Waals surface area contributed by atoms with Crippen LogP contribution in [0.4, 0.5) is 10.1 Å². The topological polar surface area (TPSA) is 59.1 Å². The van der Waals surface area contributed by atoms with Crippen LogP contribution in [0.15, 0.2) is 24.3 Å². The standard InChI is InChI=1S/C17H19FN2O4/c18-12-3-1-2-4-13(12)20-15(21)11-14(16(20)22)19-7-5-17(6-8-19)23-9-10-24-17/h1-4,14H,5-11H2/t14-/m0/s1. The molecular weight excluding hydrogens is 315 g/mol. The Hall–Kier alpha value is -1.83. The molecule has 3 fully saturated rings. The Labute approximate surface area is 139 Å². The van der Waals surface area contributed by atoms with Crippen molar-refractivity contribution in [3.8, 4) is 0 Å². The molecule has 4 rings (SSSR count). The van der Waals surface area contributed by atoms with Crippen LogP contribution in [0, 0.1) is 5.82 Å². The monoisotopic (exact) mass is 334 g/mol. The third-order valence-corrected chi connectivity index (χ3v) is 5.03. The summed E-state index contributed by atoms with van der Waals surface area (Å²) in [7, 11) is 0. The lowest BCUT2D eigenvalue weighted by Gasteiger charge is -2.39. The molecule has 3 heterocycles. The predicted octanol–water partition coefficient (Wildman–Crippen LogP) is 1.30. The number of nitrogens with zero attached hydrogens (tertiary/aromatic N) is 2. The highest BCUT2D eigenvalue weighted by Gasteiger charge is 2.47. The van der Waals surface area contributed by atoms with Gasteiger partial charge < -0.3 is 9.47 Å². The van der Waals surface area contributed by atoms with Gasteiger partial charge in [0.1, 0.15) is 5.82 Å². The van der Waals surface area contributed by atoms with E-state index in [-0.39, 0.29) is 23.9 Å². The number of benzene rings is 1. The lowest BCUT2D eigenvalue weighted by molar-refractivity contribution is -0.188. The number of hydrogen-bond donors (Lipinski definition) is 0. The average Bonchev–Trinajstić information content (AvgIpc) is 3.15. The molecule has 3 aliphatic heterocycles. The first-order chi connectivity index (χ1) is 11.6. The molecule has 0 radical (unpaired) electrons. The van der Waals surface area contributed by atoms with Crippen molar-refractivity contribution in [2.24, 2.45) is 0 Å². The Bertz CT molecular complexity index is 664. The van der Waals surface area contributed by atoms with Crippen molar-refractivity contribution in [3.63, 3.8) is 0 Å². The van der Waals surface area contributed by atoms with Crippen LogP contribution in [0.1, 0.15) is 19.3 Å². The molecule has 6 nitrogen and oxygen atoms in total. The lowest BCUT2D eigenvalue weighted by Crippen LogP contribution is -2.51. The molecule has 0 aliphatic carbocycles. The van der Waals surface area contributed by atoms with Crippen molar-refractivity contribution in [3.05, 3.63) is 30.1 Å². The fourth-order valence-corrected chi connectivity index (χ4v) is 3.75. The average molecular weight is 334 g/mol. The first-order valence-corrected chi connectivity index (χ1v) is 8.23. The van der Waals surface area contributed by atoms with Gasteiger partial charge in [0.05, 0.1) is 31.4 Å². The molecule has 1 aromatic rings. The highest BCUT2D eigenvalue weighted by molar-refractivity contribution is 6.22. The molecule has 0 bridgehead atoms. The van der Waals surface area contributed by atoms with Gasteiger partial charge in [-0.1, -0.05) is 12.1 Å². The van der Waals surface area contributed by atoms with E-state index < -0.39 is 17.6 Å². The molecule has 1 spiro atoms. The van der Waals surface area contributed by atoms with Gasteiger partial charge in [-0.15, -0.1) is 0 Å². The number of para-hydroxylation sites is 1. The summed E-state index contributed by atoms with van der Waals surface area (Å²) in [5.41, 5.74) is 0.0333. The summed E-state index contributed by atoms with van der Waals surface area (Å²) in [6, 6.07) is 5.33. The zero-order valence-electron chi connectivity index (χ0n) is 13.2. The van der Waals surface area contributed by atoms with Crippen LogP contribution in [-0.2, 0) is 19.1 Å². The summed E-state index contributed by atoms with van der Waals surface area (Å²) in [4.78, 5) is 28.0. The fraction of sp³-hybridized carbons (Fsp3) is 0.529. The maximum atomic E-state index is 14.0. The number of hydrogen-bond acceptors (Lipinski definition) is 5. The Balaban J connectivity index is 1.49. The summed E-state index contributed by atoms with van der Waals surface area (Å²) in [5.74, 6) is -1.80. The first kappa shape index (κ1) is 15.7. The van der Waals surface area contributed by atoms with Crippen LogP contribution < -0.4 is 4.90 Å². The van der Waals surface area contributed by atoms with Crippen LogP contribution in [0.3, 0.4) is 0 Å². The molecule has 3 aliphatic rings. The van der Waals surface area contributed by atoms with Crippen LogP contribution in [0.5, 0.6) is 0 Å². The number of imide groups is 1. The van der Waals surface area contributed by atoms with Gasteiger partial charge in [-0.25, -0.2) is 9.29 Å². The van der Waals surface area contributed by atoms with Crippen molar-refractivity contribution >= 4 is 17.5 Å². The number of amides is 2. The maximum absolute atomic E-state index is 14.0. The minimum Gasteiger partial charge on any atom is -0.347 e. The molecule has 24 heavy (non-hydrogen) atoms. The quantitative estimate of drug-likeness (QED) is 0.763. The fourth-order valence-electron chi connectivity index (χ4n) is 3.75. The zero-order chi connectivity index (χ0) is 16.7. The van der Waals surface area contributed by atoms with Crippen LogP contribution in [0.2, 0.25) is 0 Å². The Morgan fingerprint density at radius 3 is 2.42 bits per heavy atom. The Morgan fingerprint density at radius 1 is 1.08 bits per heavy atom. The molecule has 0 unspecified atom stereocenters. The predicted molar refractivity (Wildman–Crippen MR) is 82.7 cm³/mol. The summed E-state index contributed by atoms with van der Waals surface area (Å²) >= 11 is 0. The Morgan fingerprint density at radius 2 is 1.75 bits per heavy atom. The van der Waals surface area contributed by atoms with E-state index in [4.69, 9.17) is 9.47 Å². The van der Waals surface area contributed by atoms with Crippen LogP contribution >= 0.6 is 0 Å². The van der Waals surface area contributed by atoms with Crippen molar-refractivity contribution in [1.82, 2.24) is 4.90 Å². The van der Waals surface area contributed by atoms with E-state index in [0.717, 1.165) is 4.90 Å². The highest BCUT2D eigenvalue weighted by Crippen LogP contribution is 2.34. The van der Waals surface area contributed by atoms with Gasteiger partial charge in [0, 0.05) is 25.9 Å². The number of carbonyl (C=O) groups is 2. The number of carbonyl (C=O) groups excluding carboxylic acids is 2. The third kappa shape index (κ3) is 2.53. The van der Waals surface area contributed by atoms with Gasteiger partial charge in [0.25, 0.3) is 5.91 Å². The van der Waals surface area contributed by atoms with Crippen molar-refractivity contribution in [2.45, 2.75) is 31.1 Å². The van der Waals surface area contributed by atoms with Gasteiger partial charge in [0.15, 0.2) is 5.79 Å². The molecule has 1 aromatic carbocycles. The van der Waals surface area contributed by atoms with Crippen LogP contribution in [-0.4, -0.2) is 54.8 Å². The van der Waals surface area contributed by atoms with Crippen LogP contribution in [0.25, 0.3) is 0 Å². The number of piperidine rings is 1. The van der Waals surface area contributed by atoms with Gasteiger partial charge in [0.2, 0.25) is 5.91 Å². The van der Waals surface area contributed by atoms with E-state index in [9.17, 15) is 14.0 Å². The smallest absolute Gasteiger partial charge is 0.251 e. The van der Waals surface area contributed by atoms with E-state index in [1.165, 1.54) is 18.2 Å². The van der Waals surface area contributed by atoms with E-state index in [2.05, 4.69) is 0 Å². The van der Waals surface area contributed by atoms with Gasteiger partial charge in [-0.05, 0) is 12.1 Å². The van der Waals surface area contributed by atoms with Gasteiger partial charge in [-0.2, -0.15) is 0 Å². The molecule has 7 heteroatoms. The molecular formula is C17H19FN2O4. The molecule has 1 atom stereocenters. The van der Waals surface area contributed by atoms with Crippen molar-refractivity contribution < 1.29 is 23.5 Å². The number of likely N-dealkylation sites (tertiary alicyclic amines) is 1. The van der Waals surface area contributed by atoms with E-state index in [1.807, 2.05) is 4.90 Å². The third-order valence-electron chi connectivity index (χ3n) is 5.03. The molecule has 0 saturated carbocycles. The summed E-state index contributed by atoms with van der Waals surface area (Å²) in [5, 5.41) is 0. The summed E-state index contributed by atoms with van der Waals surface area (Å²) in [6.07, 6.45) is 1.43. The second-order valence-corrected chi connectivity index (χ2v) is 6.38. The second-order valence-electron chi connectivity index (χ2n) is 6.38. The molecule has 0 aromatic heterocycles. The number of ether oxygens (including phenoxy) is 2. The number of anilines is 1. The SMILES string of the molecule is O=C1C[C@H](N2CCC3(CC2)OCCO3)C(=O)N1c1ccccc1F. The molecule has 3 saturated heterocycles. The minimum atomic E-state index is -0.565. The Kier molecular flexibility index (Phi) is 3.86. The summed E-state index contributed by atoms with van der Waals surface area (Å²) < 4.78 is 25.3. The molecule has 0 N–H and O–H groups in total. The maximum Gasteiger partial charge on any atom is 0.251 e. The first-order valence-electron chi connectivity index (χ1n) is 8.23. The van der Waals surface area contributed by atoms with Gasteiger partial charge >= 0.3 is 0 Å². The van der Waals surface area contributed by atoms with Crippen molar-refractivity contribution in [2.75, 3.05) is 31.2 Å². The lowest BCUT2D eigenvalue weighted by atomic mass is 10.0. The summed E-state index contributed by atoms with van der Waals surface area (Å²) in [6.45, 7) is 2.44. The molecule has 2 amide bonds. The largest absolute Gasteiger partial charge is 0.347 e. The van der Waals surface area contributed by atoms with Crippen molar-refractivity contribution in [1.29, 1.82) is 0 Å². The highest BCUT2D eigenvalue weighted by atomic mass is 19.1. The molecule has 128 valence electrons. The normalized spacial score (nSPS) is 27.4. The number of rotatable bonds is 2. The van der Waals surface area contributed by atoms with Gasteiger partial charge in [-0.3, -0.25) is 14.5 Å². The zero-order valence-corrected chi connectivity index (χ0v) is 13.2. The van der Waals surface area contributed by atoms with E-state index in [1.54, 1.807) is 6.07 Å². The minimum absolute atomic E-state index is 0.0333. The second kappa shape index (κ2) is 5.91. The van der Waals surface area contributed by atoms with E-state index in [0.29, 0.717) is 39.1 Å². The van der Waals surface area contributed by atoms with E-state index >= 15 is 0 Å².